The third-order valence-corrected chi connectivity index (χ3v) is 7.60. The number of carbonyl (C=O) groups excluding carboxylic acids is 3. The van der Waals surface area contributed by atoms with Crippen molar-refractivity contribution in [2.45, 2.75) is 62.9 Å². The van der Waals surface area contributed by atoms with E-state index in [0.29, 0.717) is 29.7 Å². The Bertz CT molecular complexity index is 1210. The van der Waals surface area contributed by atoms with Gasteiger partial charge in [0.1, 0.15) is 11.9 Å². The maximum Gasteiger partial charge on any atom is 0.224 e. The van der Waals surface area contributed by atoms with E-state index in [4.69, 9.17) is 11.6 Å². The summed E-state index contributed by atoms with van der Waals surface area (Å²) in [6.45, 7) is 0. The molecule has 1 aromatic carbocycles. The van der Waals surface area contributed by atoms with Crippen LogP contribution < -0.4 is 10.6 Å². The van der Waals surface area contributed by atoms with Gasteiger partial charge in [-0.25, -0.2) is 4.39 Å². The highest BCUT2D eigenvalue weighted by Crippen LogP contribution is 2.46. The van der Waals surface area contributed by atoms with Gasteiger partial charge < -0.3 is 15.6 Å². The second-order valence-corrected chi connectivity index (χ2v) is 10.5. The van der Waals surface area contributed by atoms with Crippen LogP contribution in [-0.2, 0) is 9.59 Å². The number of hydrogen-bond acceptors (Lipinski definition) is 4. The molecule has 9 heteroatoms. The van der Waals surface area contributed by atoms with Crippen LogP contribution in [0.4, 0.5) is 4.39 Å². The van der Waals surface area contributed by atoms with Crippen molar-refractivity contribution in [1.82, 2.24) is 15.6 Å². The molecule has 2 saturated carbocycles. The molecular weight excluding hydrogens is 459 g/mol. The zero-order valence-electron chi connectivity index (χ0n) is 18.6. The van der Waals surface area contributed by atoms with Gasteiger partial charge in [0.05, 0.1) is 22.3 Å². The molecule has 2 heterocycles. The zero-order chi connectivity index (χ0) is 24.0. The lowest BCUT2D eigenvalue weighted by molar-refractivity contribution is -0.127. The van der Waals surface area contributed by atoms with Crippen molar-refractivity contribution < 1.29 is 18.8 Å². The summed E-state index contributed by atoms with van der Waals surface area (Å²) in [7, 11) is 0. The van der Waals surface area contributed by atoms with E-state index in [1.807, 2.05) is 0 Å². The number of amides is 2. The Labute approximate surface area is 201 Å². The predicted molar refractivity (Wildman–Crippen MR) is 123 cm³/mol. The smallest absolute Gasteiger partial charge is 0.224 e. The first-order chi connectivity index (χ1) is 16.2. The number of H-pyrrole nitrogens is 1. The van der Waals surface area contributed by atoms with Crippen LogP contribution in [0.3, 0.4) is 0 Å². The minimum atomic E-state index is -0.788. The summed E-state index contributed by atoms with van der Waals surface area (Å²) in [5.74, 6) is -1.63. The summed E-state index contributed by atoms with van der Waals surface area (Å²) in [5, 5.41) is 16.1. The molecule has 2 aromatic rings. The van der Waals surface area contributed by atoms with Gasteiger partial charge in [0.2, 0.25) is 11.8 Å². The van der Waals surface area contributed by atoms with Gasteiger partial charge in [-0.05, 0) is 56.2 Å². The molecule has 178 valence electrons. The molecule has 34 heavy (non-hydrogen) atoms. The van der Waals surface area contributed by atoms with Gasteiger partial charge in [-0.3, -0.25) is 14.4 Å². The topological polar surface area (TPSA) is 115 Å². The van der Waals surface area contributed by atoms with Crippen LogP contribution in [0.15, 0.2) is 18.2 Å². The number of hydrogen-bond donors (Lipinski definition) is 3. The molecule has 3 fully saturated rings. The summed E-state index contributed by atoms with van der Waals surface area (Å²) in [6.07, 6.45) is 5.49. The van der Waals surface area contributed by atoms with Gasteiger partial charge in [-0.15, -0.1) is 0 Å². The average Bonchev–Trinajstić information content (AvgIpc) is 3.68. The number of carbonyl (C=O) groups is 3. The van der Waals surface area contributed by atoms with Gasteiger partial charge in [-0.2, -0.15) is 5.26 Å². The average molecular weight is 485 g/mol. The fourth-order valence-electron chi connectivity index (χ4n) is 5.06. The van der Waals surface area contributed by atoms with E-state index < -0.39 is 17.8 Å². The third kappa shape index (κ3) is 4.80. The Morgan fingerprint density at radius 3 is 2.68 bits per heavy atom. The molecule has 3 aliphatic rings. The molecule has 1 aliphatic heterocycles. The van der Waals surface area contributed by atoms with Crippen molar-refractivity contribution in [2.75, 3.05) is 0 Å². The minimum Gasteiger partial charge on any atom is -0.351 e. The van der Waals surface area contributed by atoms with Crippen LogP contribution in [0.1, 0.15) is 61.9 Å². The zero-order valence-corrected chi connectivity index (χ0v) is 19.4. The van der Waals surface area contributed by atoms with Crippen LogP contribution in [0.25, 0.3) is 10.9 Å². The van der Waals surface area contributed by atoms with Crippen LogP contribution in [-0.4, -0.2) is 34.2 Å². The Morgan fingerprint density at radius 2 is 2.03 bits per heavy atom. The van der Waals surface area contributed by atoms with E-state index in [9.17, 15) is 24.0 Å². The monoisotopic (exact) mass is 484 g/mol. The summed E-state index contributed by atoms with van der Waals surface area (Å²) in [5.41, 5.74) is 0.658. The van der Waals surface area contributed by atoms with Crippen LogP contribution in [0.2, 0.25) is 5.02 Å². The largest absolute Gasteiger partial charge is 0.351 e. The van der Waals surface area contributed by atoms with Gasteiger partial charge >= 0.3 is 0 Å². The number of aromatic amines is 1. The number of Topliss-reactive ketones (excluding diaryl/α,β-unsaturated/α-hetero) is 1. The van der Waals surface area contributed by atoms with E-state index in [2.05, 4.69) is 21.7 Å². The number of benzene rings is 1. The third-order valence-electron chi connectivity index (χ3n) is 7.31. The van der Waals surface area contributed by atoms with E-state index in [0.717, 1.165) is 25.7 Å². The predicted octanol–water partition coefficient (Wildman–Crippen LogP) is 4.02. The highest BCUT2D eigenvalue weighted by molar-refractivity contribution is 6.35. The first kappa shape index (κ1) is 22.9. The molecule has 2 aliphatic carbocycles. The number of halogens is 2. The lowest BCUT2D eigenvalue weighted by atomic mass is 9.92. The fourth-order valence-corrected chi connectivity index (χ4v) is 5.32. The highest BCUT2D eigenvalue weighted by Gasteiger charge is 2.52. The van der Waals surface area contributed by atoms with Crippen molar-refractivity contribution in [1.29, 1.82) is 5.26 Å². The highest BCUT2D eigenvalue weighted by atomic mass is 35.5. The number of fused-ring (bicyclic) bond motifs is 1. The summed E-state index contributed by atoms with van der Waals surface area (Å²) in [4.78, 5) is 41.3. The Morgan fingerprint density at radius 1 is 1.26 bits per heavy atom. The first-order valence-corrected chi connectivity index (χ1v) is 12.2. The molecule has 3 atom stereocenters. The molecule has 2 amide bonds. The normalized spacial score (nSPS) is 22.3. The van der Waals surface area contributed by atoms with Crippen LogP contribution in [0.5, 0.6) is 0 Å². The molecule has 5 rings (SSSR count). The number of ketones is 1. The van der Waals surface area contributed by atoms with Crippen LogP contribution >= 0.6 is 11.6 Å². The van der Waals surface area contributed by atoms with Gasteiger partial charge in [0, 0.05) is 29.2 Å². The van der Waals surface area contributed by atoms with Gasteiger partial charge in [-0.1, -0.05) is 24.4 Å². The maximum absolute atomic E-state index is 13.7. The fraction of sp³-hybridized carbons (Fsp3) is 0.520. The molecular formula is C25H26ClFN4O3. The number of nitrogens with one attached hydrogen (secondary N) is 3. The quantitative estimate of drug-likeness (QED) is 0.466. The molecule has 1 aromatic heterocycles. The molecule has 3 unspecified atom stereocenters. The Balaban J connectivity index is 1.26. The summed E-state index contributed by atoms with van der Waals surface area (Å²) < 4.78 is 13.7. The van der Waals surface area contributed by atoms with E-state index >= 15 is 0 Å². The molecule has 1 spiro atoms. The molecule has 3 N–H and O–H groups in total. The van der Waals surface area contributed by atoms with Crippen molar-refractivity contribution in [3.63, 3.8) is 0 Å². The SMILES string of the molecule is N#CC(CC1CC2(CC2)NC1=O)NC(=O)C(CC(=O)c1cc2cc(F)cc(Cl)c2[nH]1)CC1CC1. The van der Waals surface area contributed by atoms with Gasteiger partial charge in [0.25, 0.3) is 0 Å². The Hall–Kier alpha value is -2.92. The van der Waals surface area contributed by atoms with Crippen molar-refractivity contribution >= 4 is 40.1 Å². The van der Waals surface area contributed by atoms with Crippen molar-refractivity contribution in [2.24, 2.45) is 17.8 Å². The van der Waals surface area contributed by atoms with Gasteiger partial charge in [0.15, 0.2) is 5.78 Å². The second-order valence-electron chi connectivity index (χ2n) is 10.1. The van der Waals surface area contributed by atoms with E-state index in [1.54, 1.807) is 6.07 Å². The number of aromatic nitrogens is 1. The molecule has 7 nitrogen and oxygen atoms in total. The van der Waals surface area contributed by atoms with E-state index in [-0.39, 0.29) is 52.6 Å². The molecule has 1 saturated heterocycles. The lowest BCUT2D eigenvalue weighted by Crippen LogP contribution is -2.40. The first-order valence-electron chi connectivity index (χ1n) is 11.8. The number of nitrogens with zero attached hydrogens (tertiary/aromatic N) is 1. The summed E-state index contributed by atoms with van der Waals surface area (Å²) in [6, 6.07) is 5.34. The lowest BCUT2D eigenvalue weighted by Gasteiger charge is -2.20. The minimum absolute atomic E-state index is 0.0274. The van der Waals surface area contributed by atoms with E-state index in [1.165, 1.54) is 12.1 Å². The summed E-state index contributed by atoms with van der Waals surface area (Å²) >= 11 is 6.08. The Kier molecular flexibility index (Phi) is 5.85. The van der Waals surface area contributed by atoms with Crippen molar-refractivity contribution in [3.05, 3.63) is 34.7 Å². The second kappa shape index (κ2) is 8.70. The van der Waals surface area contributed by atoms with Crippen LogP contribution in [0, 0.1) is 34.9 Å². The maximum atomic E-state index is 13.7. The number of rotatable bonds is 9. The molecule has 0 bridgehead atoms. The van der Waals surface area contributed by atoms with Crippen molar-refractivity contribution in [3.8, 4) is 6.07 Å². The molecule has 0 radical (unpaired) electrons. The standard InChI is InChI=1S/C25H26ClFN4O3/c26-19-10-17(27)6-14-8-20(30-22(14)19)21(32)9-15(5-13-1-2-13)23(33)29-18(12-28)7-16-11-25(3-4-25)31-24(16)34/h6,8,10,13,15-16,18,30H,1-5,7,9,11H2,(H,29,33)(H,31,34). The number of nitriles is 1.